The summed E-state index contributed by atoms with van der Waals surface area (Å²) in [5, 5.41) is 15.6. The van der Waals surface area contributed by atoms with Crippen LogP contribution in [-0.2, 0) is 26.7 Å². The van der Waals surface area contributed by atoms with Crippen LogP contribution in [0.1, 0.15) is 29.5 Å². The Morgan fingerprint density at radius 1 is 0.889 bits per heavy atom. The summed E-state index contributed by atoms with van der Waals surface area (Å²) in [6.45, 7) is 1.14. The first-order chi connectivity index (χ1) is 12.1. The van der Waals surface area contributed by atoms with Crippen molar-refractivity contribution in [2.45, 2.75) is 25.2 Å². The van der Waals surface area contributed by atoms with Crippen molar-refractivity contribution in [3.05, 3.63) is 47.0 Å². The molecule has 1 rings (SSSR count). The number of carbonyl (C=O) groups is 3. The number of carboxylic acids is 2. The van der Waals surface area contributed by atoms with Crippen LogP contribution in [-0.4, -0.2) is 28.1 Å². The number of amides is 1. The number of alkyl halides is 6. The Morgan fingerprint density at radius 2 is 1.22 bits per heavy atom. The molecule has 0 aromatic heterocycles. The number of carboxylic acid groups (broad SMARTS) is 2. The maximum absolute atomic E-state index is 12.5. The molecule has 12 heteroatoms. The second kappa shape index (κ2) is 9.05. The molecular formula is C15H13F6NO5. The number of carbonyl (C=O) groups excluding carboxylic acids is 1. The molecule has 4 N–H and O–H groups in total. The average molecular weight is 401 g/mol. The van der Waals surface area contributed by atoms with Gasteiger partial charge in [0, 0.05) is 12.2 Å². The molecule has 0 bridgehead atoms. The van der Waals surface area contributed by atoms with Crippen LogP contribution in [0.3, 0.4) is 0 Å². The first-order valence-electron chi connectivity index (χ1n) is 6.78. The molecule has 0 aliphatic heterocycles. The molecule has 0 saturated heterocycles. The zero-order valence-corrected chi connectivity index (χ0v) is 13.4. The summed E-state index contributed by atoms with van der Waals surface area (Å²) < 4.78 is 75.1. The third-order valence-electron chi connectivity index (χ3n) is 2.91. The summed E-state index contributed by atoms with van der Waals surface area (Å²) in [5.74, 6) is -4.77. The highest BCUT2D eigenvalue weighted by Crippen LogP contribution is 2.37. The van der Waals surface area contributed by atoms with Gasteiger partial charge in [-0.3, -0.25) is 4.79 Å². The molecule has 0 aliphatic rings. The topological polar surface area (TPSA) is 118 Å². The van der Waals surface area contributed by atoms with Gasteiger partial charge in [0.2, 0.25) is 5.91 Å². The zero-order valence-electron chi connectivity index (χ0n) is 13.4. The summed E-state index contributed by atoms with van der Waals surface area (Å²) in [5.41, 5.74) is 1.53. The smallest absolute Gasteiger partial charge is 0.416 e. The van der Waals surface area contributed by atoms with Crippen LogP contribution in [0.4, 0.5) is 26.3 Å². The number of hydrogen-bond acceptors (Lipinski definition) is 3. The van der Waals surface area contributed by atoms with Crippen LogP contribution in [0.15, 0.2) is 30.4 Å². The average Bonchev–Trinajstić information content (AvgIpc) is 2.50. The van der Waals surface area contributed by atoms with Crippen LogP contribution in [0.5, 0.6) is 0 Å². The predicted molar refractivity (Wildman–Crippen MR) is 78.5 cm³/mol. The lowest BCUT2D eigenvalue weighted by molar-refractivity contribution is -0.143. The molecule has 1 aromatic rings. The van der Waals surface area contributed by atoms with Gasteiger partial charge in [-0.1, -0.05) is 0 Å². The van der Waals surface area contributed by atoms with E-state index in [1.54, 1.807) is 0 Å². The first-order valence-corrected chi connectivity index (χ1v) is 6.78. The Labute approximate surface area is 147 Å². The summed E-state index contributed by atoms with van der Waals surface area (Å²) in [6, 6.07) is 0.979. The molecule has 0 fully saturated rings. The highest BCUT2D eigenvalue weighted by Gasteiger charge is 2.37. The van der Waals surface area contributed by atoms with Gasteiger partial charge in [-0.05, 0) is 30.7 Å². The number of rotatable bonds is 4. The van der Waals surface area contributed by atoms with Crippen molar-refractivity contribution in [2.24, 2.45) is 5.73 Å². The fraction of sp³-hybridized carbons (Fsp3) is 0.267. The van der Waals surface area contributed by atoms with Crippen LogP contribution in [0, 0.1) is 0 Å². The van der Waals surface area contributed by atoms with Crippen molar-refractivity contribution in [1.82, 2.24) is 0 Å². The third-order valence-corrected chi connectivity index (χ3v) is 2.91. The Kier molecular flexibility index (Phi) is 8.03. The van der Waals surface area contributed by atoms with Crippen molar-refractivity contribution >= 4 is 17.8 Å². The van der Waals surface area contributed by atoms with Crippen LogP contribution in [0.2, 0.25) is 0 Å². The van der Waals surface area contributed by atoms with Gasteiger partial charge in [0.05, 0.1) is 17.0 Å². The Bertz CT molecular complexity index is 691. The molecule has 0 spiro atoms. The number of primary amides is 1. The molecule has 1 aromatic carbocycles. The minimum atomic E-state index is -4.94. The van der Waals surface area contributed by atoms with E-state index in [0.717, 1.165) is 6.92 Å². The molecule has 0 heterocycles. The largest absolute Gasteiger partial charge is 0.478 e. The second-order valence-electron chi connectivity index (χ2n) is 4.97. The van der Waals surface area contributed by atoms with E-state index in [9.17, 15) is 40.7 Å². The number of halogens is 6. The minimum absolute atomic E-state index is 0.00276. The minimum Gasteiger partial charge on any atom is -0.478 e. The number of aliphatic carboxylic acids is 2. The summed E-state index contributed by atoms with van der Waals surface area (Å²) in [6.07, 6.45) is -8.76. The van der Waals surface area contributed by atoms with Crippen molar-refractivity contribution in [3.8, 4) is 0 Å². The normalized spacial score (nSPS) is 12.9. The van der Waals surface area contributed by atoms with Gasteiger partial charge < -0.3 is 15.9 Å². The highest BCUT2D eigenvalue weighted by molar-refractivity contribution is 5.89. The zero-order chi connectivity index (χ0) is 21.6. The molecule has 1 atom stereocenters. The molecule has 1 amide bonds. The van der Waals surface area contributed by atoms with Gasteiger partial charge >= 0.3 is 24.3 Å². The molecule has 0 unspecified atom stereocenters. The molecule has 0 radical (unpaired) electrons. The van der Waals surface area contributed by atoms with E-state index in [0.29, 0.717) is 24.3 Å². The van der Waals surface area contributed by atoms with Crippen molar-refractivity contribution in [3.63, 3.8) is 0 Å². The van der Waals surface area contributed by atoms with E-state index < -0.39 is 52.8 Å². The highest BCUT2D eigenvalue weighted by atomic mass is 19.4. The Balaban J connectivity index is 0.000000713. The van der Waals surface area contributed by atoms with Gasteiger partial charge in [-0.2, -0.15) is 26.3 Å². The second-order valence-corrected chi connectivity index (χ2v) is 4.97. The van der Waals surface area contributed by atoms with Crippen LogP contribution in [0.25, 0.3) is 0 Å². The number of benzene rings is 1. The Morgan fingerprint density at radius 3 is 1.44 bits per heavy atom. The molecular weight excluding hydrogens is 388 g/mol. The molecule has 27 heavy (non-hydrogen) atoms. The van der Waals surface area contributed by atoms with E-state index in [2.05, 4.69) is 0 Å². The lowest BCUT2D eigenvalue weighted by atomic mass is 9.95. The lowest BCUT2D eigenvalue weighted by Crippen LogP contribution is -2.20. The van der Waals surface area contributed by atoms with E-state index in [4.69, 9.17) is 15.9 Å². The standard InChI is InChI=1S/C11H9F6NO.C4H4O4/c1-5(9(18)19)6-2-7(10(12,13)14)4-8(3-6)11(15,16)17;5-3(6)1-2-4(7)8/h2-5H,1H3,(H2,18,19);1-2H,(H,5,6)(H,7,8)/b;2-1-/t5-;/m1./s1. The third kappa shape index (κ3) is 8.74. The monoisotopic (exact) mass is 401 g/mol. The quantitative estimate of drug-likeness (QED) is 0.530. The summed E-state index contributed by atoms with van der Waals surface area (Å²) >= 11 is 0. The first kappa shape index (κ1) is 23.9. The molecule has 0 aliphatic carbocycles. The van der Waals surface area contributed by atoms with Crippen molar-refractivity contribution < 1.29 is 50.9 Å². The van der Waals surface area contributed by atoms with Crippen molar-refractivity contribution in [2.75, 3.05) is 0 Å². The summed E-state index contributed by atoms with van der Waals surface area (Å²) in [4.78, 5) is 30.0. The number of nitrogens with two attached hydrogens (primary N) is 1. The van der Waals surface area contributed by atoms with E-state index >= 15 is 0 Å². The van der Waals surface area contributed by atoms with Gasteiger partial charge in [0.15, 0.2) is 0 Å². The predicted octanol–water partition coefficient (Wildman–Crippen LogP) is 3.02. The fourth-order valence-corrected chi connectivity index (χ4v) is 1.54. The van der Waals surface area contributed by atoms with E-state index in [-0.39, 0.29) is 6.07 Å². The van der Waals surface area contributed by atoms with Crippen LogP contribution >= 0.6 is 0 Å². The fourth-order valence-electron chi connectivity index (χ4n) is 1.54. The molecule has 6 nitrogen and oxygen atoms in total. The van der Waals surface area contributed by atoms with Gasteiger partial charge in [-0.15, -0.1) is 0 Å². The van der Waals surface area contributed by atoms with Crippen molar-refractivity contribution in [1.29, 1.82) is 0 Å². The molecule has 0 saturated carbocycles. The number of hydrogen-bond donors (Lipinski definition) is 3. The lowest BCUT2D eigenvalue weighted by Gasteiger charge is -2.16. The maximum atomic E-state index is 12.5. The summed E-state index contributed by atoms with van der Waals surface area (Å²) in [7, 11) is 0. The van der Waals surface area contributed by atoms with E-state index in [1.165, 1.54) is 0 Å². The van der Waals surface area contributed by atoms with Gasteiger partial charge in [0.1, 0.15) is 0 Å². The van der Waals surface area contributed by atoms with E-state index in [1.807, 2.05) is 0 Å². The maximum Gasteiger partial charge on any atom is 0.416 e. The molecule has 150 valence electrons. The van der Waals surface area contributed by atoms with Crippen LogP contribution < -0.4 is 5.73 Å². The van der Waals surface area contributed by atoms with Gasteiger partial charge in [-0.25, -0.2) is 9.59 Å². The SMILES string of the molecule is C[C@@H](C(N)=O)c1cc(C(F)(F)F)cc(C(F)(F)F)c1.O=C(O)/C=C\C(=O)O. The van der Waals surface area contributed by atoms with Gasteiger partial charge in [0.25, 0.3) is 0 Å². The Hall–Kier alpha value is -3.05.